The van der Waals surface area contributed by atoms with Crippen LogP contribution in [0.5, 0.6) is 0 Å². The number of carbonyl (C=O) groups excluding carboxylic acids is 2. The van der Waals surface area contributed by atoms with Crippen LogP contribution in [-0.4, -0.2) is 42.5 Å². The van der Waals surface area contributed by atoms with Crippen molar-refractivity contribution in [1.82, 2.24) is 24.7 Å². The normalized spacial score (nSPS) is 12.2. The summed E-state index contributed by atoms with van der Waals surface area (Å²) < 4.78 is 1.39. The molecule has 31 heavy (non-hydrogen) atoms. The van der Waals surface area contributed by atoms with Gasteiger partial charge in [0.05, 0.1) is 17.4 Å². The lowest BCUT2D eigenvalue weighted by Gasteiger charge is -2.11. The Labute approximate surface area is 177 Å². The first kappa shape index (κ1) is 20.0. The second-order valence-corrected chi connectivity index (χ2v) is 6.71. The van der Waals surface area contributed by atoms with Crippen LogP contribution in [0, 0.1) is 6.92 Å². The molecule has 1 N–H and O–H groups in total. The van der Waals surface area contributed by atoms with Crippen LogP contribution in [0.3, 0.4) is 0 Å². The lowest BCUT2D eigenvalue weighted by molar-refractivity contribution is -0.126. The Balaban J connectivity index is 1.62. The Morgan fingerprint density at radius 2 is 1.77 bits per heavy atom. The van der Waals surface area contributed by atoms with E-state index in [1.54, 1.807) is 49.9 Å². The number of azo groups is 1. The summed E-state index contributed by atoms with van der Waals surface area (Å²) in [5.41, 5.74) is 1.80. The van der Waals surface area contributed by atoms with Gasteiger partial charge in [-0.25, -0.2) is 9.97 Å². The number of rotatable bonds is 6. The van der Waals surface area contributed by atoms with Gasteiger partial charge in [0.2, 0.25) is 6.04 Å². The summed E-state index contributed by atoms with van der Waals surface area (Å²) in [5.74, 6) is -0.421. The molecular weight excluding hydrogens is 396 g/mol. The maximum absolute atomic E-state index is 12.8. The molecule has 10 nitrogen and oxygen atoms in total. The minimum atomic E-state index is -1.33. The second kappa shape index (κ2) is 8.57. The van der Waals surface area contributed by atoms with Crippen LogP contribution in [0.4, 0.5) is 11.5 Å². The number of aromatic nitrogens is 5. The Bertz CT molecular complexity index is 1280. The molecule has 0 aliphatic carbocycles. The number of aryl methyl sites for hydroxylation is 1. The van der Waals surface area contributed by atoms with Crippen molar-refractivity contribution in [2.45, 2.75) is 19.9 Å². The van der Waals surface area contributed by atoms with Crippen LogP contribution in [0.2, 0.25) is 0 Å². The minimum Gasteiger partial charge on any atom is -0.322 e. The highest BCUT2D eigenvalue weighted by Gasteiger charge is 2.24. The van der Waals surface area contributed by atoms with Crippen LogP contribution in [0.15, 0.2) is 71.4 Å². The van der Waals surface area contributed by atoms with Gasteiger partial charge < -0.3 is 5.32 Å². The molecule has 3 heterocycles. The lowest BCUT2D eigenvalue weighted by Crippen LogP contribution is -2.32. The predicted molar refractivity (Wildman–Crippen MR) is 113 cm³/mol. The summed E-state index contributed by atoms with van der Waals surface area (Å²) in [6.45, 7) is 3.07. The number of para-hydroxylation sites is 1. The van der Waals surface area contributed by atoms with Crippen molar-refractivity contribution in [3.05, 3.63) is 66.7 Å². The number of carbonyl (C=O) groups is 2. The first-order chi connectivity index (χ1) is 15.0. The van der Waals surface area contributed by atoms with E-state index in [-0.39, 0.29) is 0 Å². The van der Waals surface area contributed by atoms with Gasteiger partial charge in [-0.15, -0.1) is 5.11 Å². The van der Waals surface area contributed by atoms with Gasteiger partial charge in [0.15, 0.2) is 11.6 Å². The Kier molecular flexibility index (Phi) is 5.52. The molecule has 4 aromatic rings. The van der Waals surface area contributed by atoms with E-state index in [2.05, 4.69) is 35.6 Å². The van der Waals surface area contributed by atoms with Crippen molar-refractivity contribution in [1.29, 1.82) is 0 Å². The van der Waals surface area contributed by atoms with Crippen molar-refractivity contribution >= 4 is 34.1 Å². The number of amides is 1. The highest BCUT2D eigenvalue weighted by molar-refractivity contribution is 6.12. The van der Waals surface area contributed by atoms with Crippen LogP contribution in [0.1, 0.15) is 12.5 Å². The van der Waals surface area contributed by atoms with E-state index in [0.717, 1.165) is 5.39 Å². The van der Waals surface area contributed by atoms with Gasteiger partial charge in [-0.2, -0.15) is 14.9 Å². The van der Waals surface area contributed by atoms with Crippen LogP contribution in [0.25, 0.3) is 16.9 Å². The molecular formula is C21H18N8O2. The molecule has 4 rings (SSSR count). The fourth-order valence-corrected chi connectivity index (χ4v) is 2.93. The number of benzene rings is 1. The summed E-state index contributed by atoms with van der Waals surface area (Å²) in [6, 6.07) is 9.44. The third-order valence-corrected chi connectivity index (χ3v) is 4.45. The first-order valence-electron chi connectivity index (χ1n) is 9.42. The zero-order chi connectivity index (χ0) is 21.8. The van der Waals surface area contributed by atoms with Gasteiger partial charge in [-0.3, -0.25) is 14.6 Å². The number of ketones is 1. The third-order valence-electron chi connectivity index (χ3n) is 4.45. The fraction of sp³-hybridized carbons (Fsp3) is 0.143. The quantitative estimate of drug-likeness (QED) is 0.381. The van der Waals surface area contributed by atoms with Gasteiger partial charge in [-0.05, 0) is 32.0 Å². The second-order valence-electron chi connectivity index (χ2n) is 6.71. The summed E-state index contributed by atoms with van der Waals surface area (Å²) in [4.78, 5) is 37.6. The maximum Gasteiger partial charge on any atom is 0.258 e. The number of fused-ring (bicyclic) bond motifs is 1. The van der Waals surface area contributed by atoms with E-state index in [1.807, 2.05) is 18.2 Å². The molecule has 1 unspecified atom stereocenters. The van der Waals surface area contributed by atoms with E-state index >= 15 is 0 Å². The average Bonchev–Trinajstić information content (AvgIpc) is 3.15. The highest BCUT2D eigenvalue weighted by Crippen LogP contribution is 2.23. The minimum absolute atomic E-state index is 0.301. The number of Topliss-reactive ketones (excluding diaryl/α,β-unsaturated/α-hetero) is 1. The van der Waals surface area contributed by atoms with Crippen LogP contribution >= 0.6 is 0 Å². The molecule has 1 aromatic carbocycles. The summed E-state index contributed by atoms with van der Waals surface area (Å²) in [7, 11) is 0. The topological polar surface area (TPSA) is 127 Å². The number of hydrogen-bond acceptors (Lipinski definition) is 8. The molecule has 0 aliphatic rings. The van der Waals surface area contributed by atoms with E-state index in [1.165, 1.54) is 11.6 Å². The molecule has 0 aliphatic heterocycles. The zero-order valence-electron chi connectivity index (χ0n) is 16.8. The molecule has 1 amide bonds. The van der Waals surface area contributed by atoms with E-state index < -0.39 is 17.7 Å². The Morgan fingerprint density at radius 1 is 1.03 bits per heavy atom. The van der Waals surface area contributed by atoms with E-state index in [4.69, 9.17) is 0 Å². The molecule has 154 valence electrons. The number of nitrogens with zero attached hydrogens (tertiary/aromatic N) is 7. The molecule has 0 saturated heterocycles. The van der Waals surface area contributed by atoms with Crippen molar-refractivity contribution < 1.29 is 9.59 Å². The molecule has 10 heteroatoms. The van der Waals surface area contributed by atoms with Crippen LogP contribution < -0.4 is 5.32 Å². The zero-order valence-corrected chi connectivity index (χ0v) is 16.8. The third kappa shape index (κ3) is 4.17. The Hall–Kier alpha value is -4.34. The van der Waals surface area contributed by atoms with Gasteiger partial charge in [-0.1, -0.05) is 18.2 Å². The SMILES string of the molecule is CC(=O)C(N=Nc1c(C)cnn1-c1ncccn1)C(=O)Nc1cccc2cccnc12. The molecule has 0 spiro atoms. The smallest absolute Gasteiger partial charge is 0.258 e. The molecule has 1 atom stereocenters. The van der Waals surface area contributed by atoms with Crippen LogP contribution in [-0.2, 0) is 9.59 Å². The van der Waals surface area contributed by atoms with Gasteiger partial charge in [0.1, 0.15) is 0 Å². The summed E-state index contributed by atoms with van der Waals surface area (Å²) in [6.07, 6.45) is 6.36. The van der Waals surface area contributed by atoms with Crippen molar-refractivity contribution in [2.24, 2.45) is 10.2 Å². The highest BCUT2D eigenvalue weighted by atomic mass is 16.2. The standard InChI is InChI=1S/C21H18N8O2/c1-13-12-25-29(21-23-10-5-11-24-21)19(13)28-27-17(14(2)30)20(31)26-16-8-3-6-15-7-4-9-22-18(15)16/h3-12,17H,1-2H3,(H,26,31). The molecule has 3 aromatic heterocycles. The van der Waals surface area contributed by atoms with Crippen molar-refractivity contribution in [3.63, 3.8) is 0 Å². The van der Waals surface area contributed by atoms with Gasteiger partial charge >= 0.3 is 0 Å². The largest absolute Gasteiger partial charge is 0.322 e. The molecule has 0 fully saturated rings. The number of anilines is 1. The molecule has 0 radical (unpaired) electrons. The number of hydrogen-bond donors (Lipinski definition) is 1. The molecule has 0 saturated carbocycles. The predicted octanol–water partition coefficient (Wildman–Crippen LogP) is 3.20. The van der Waals surface area contributed by atoms with Crippen molar-refractivity contribution in [3.8, 4) is 5.95 Å². The van der Waals surface area contributed by atoms with Crippen molar-refractivity contribution in [2.75, 3.05) is 5.32 Å². The van der Waals surface area contributed by atoms with Gasteiger partial charge in [0.25, 0.3) is 11.9 Å². The Morgan fingerprint density at radius 3 is 2.55 bits per heavy atom. The first-order valence-corrected chi connectivity index (χ1v) is 9.42. The number of pyridine rings is 1. The number of nitrogens with one attached hydrogen (secondary N) is 1. The monoisotopic (exact) mass is 414 g/mol. The average molecular weight is 414 g/mol. The molecule has 0 bridgehead atoms. The summed E-state index contributed by atoms with van der Waals surface area (Å²) in [5, 5.41) is 16.0. The van der Waals surface area contributed by atoms with E-state index in [0.29, 0.717) is 28.5 Å². The maximum atomic E-state index is 12.8. The fourth-order valence-electron chi connectivity index (χ4n) is 2.93. The lowest BCUT2D eigenvalue weighted by atomic mass is 10.1. The van der Waals surface area contributed by atoms with Gasteiger partial charge in [0, 0.05) is 29.5 Å². The summed E-state index contributed by atoms with van der Waals surface area (Å²) >= 11 is 0. The van der Waals surface area contributed by atoms with E-state index in [9.17, 15) is 9.59 Å².